The maximum absolute atomic E-state index is 11.5. The molecule has 0 bridgehead atoms. The highest BCUT2D eigenvalue weighted by Gasteiger charge is 2.37. The van der Waals surface area contributed by atoms with E-state index >= 15 is 0 Å². The van der Waals surface area contributed by atoms with E-state index in [9.17, 15) is 4.79 Å². The molecule has 4 heteroatoms. The highest BCUT2D eigenvalue weighted by molar-refractivity contribution is 5.84. The number of likely N-dealkylation sites (tertiary alicyclic amines) is 1. The Morgan fingerprint density at radius 3 is 2.56 bits per heavy atom. The Balaban J connectivity index is 1.82. The zero-order valence-corrected chi connectivity index (χ0v) is 10.2. The molecule has 1 saturated heterocycles. The zero-order chi connectivity index (χ0) is 11.6. The fraction of sp³-hybridized carbons (Fsp3) is 0.917. The van der Waals surface area contributed by atoms with Crippen LogP contribution < -0.4 is 11.1 Å². The molecule has 1 unspecified atom stereocenters. The molecule has 1 saturated carbocycles. The maximum Gasteiger partial charge on any atom is 0.237 e. The Hall–Kier alpha value is -0.610. The van der Waals surface area contributed by atoms with Crippen LogP contribution in [-0.4, -0.2) is 42.0 Å². The Kier molecular flexibility index (Phi) is 3.50. The van der Waals surface area contributed by atoms with Crippen molar-refractivity contribution in [2.24, 2.45) is 5.73 Å². The second kappa shape index (κ2) is 4.72. The van der Waals surface area contributed by atoms with Gasteiger partial charge in [-0.15, -0.1) is 0 Å². The lowest BCUT2D eigenvalue weighted by molar-refractivity contribution is -0.124. The van der Waals surface area contributed by atoms with Gasteiger partial charge in [0.05, 0.1) is 5.54 Å². The summed E-state index contributed by atoms with van der Waals surface area (Å²) in [4.78, 5) is 14.0. The van der Waals surface area contributed by atoms with Gasteiger partial charge in [0.15, 0.2) is 0 Å². The molecule has 0 aromatic rings. The van der Waals surface area contributed by atoms with Crippen LogP contribution >= 0.6 is 0 Å². The van der Waals surface area contributed by atoms with Crippen LogP contribution in [0.2, 0.25) is 0 Å². The topological polar surface area (TPSA) is 58.4 Å². The normalized spacial score (nSPS) is 25.6. The summed E-state index contributed by atoms with van der Waals surface area (Å²) in [5.41, 5.74) is 5.00. The van der Waals surface area contributed by atoms with E-state index in [0.717, 1.165) is 13.0 Å². The van der Waals surface area contributed by atoms with E-state index in [1.165, 1.54) is 38.8 Å². The number of rotatable bonds is 6. The van der Waals surface area contributed by atoms with Crippen molar-refractivity contribution in [3.8, 4) is 0 Å². The van der Waals surface area contributed by atoms with Crippen LogP contribution in [0, 0.1) is 0 Å². The number of nitrogens with two attached hydrogens (primary N) is 1. The first kappa shape index (κ1) is 11.9. The number of nitrogens with one attached hydrogen (secondary N) is 1. The zero-order valence-electron chi connectivity index (χ0n) is 10.2. The molecule has 1 atom stereocenters. The van der Waals surface area contributed by atoms with Gasteiger partial charge in [0.1, 0.15) is 0 Å². The van der Waals surface area contributed by atoms with Gasteiger partial charge in [-0.05, 0) is 52.1 Å². The second-order valence-corrected chi connectivity index (χ2v) is 5.41. The number of amides is 1. The van der Waals surface area contributed by atoms with Crippen LogP contribution in [0.3, 0.4) is 0 Å². The first-order valence-electron chi connectivity index (χ1n) is 6.40. The second-order valence-electron chi connectivity index (χ2n) is 5.41. The molecule has 1 aliphatic heterocycles. The van der Waals surface area contributed by atoms with E-state index in [1.54, 1.807) is 0 Å². The Morgan fingerprint density at radius 2 is 2.06 bits per heavy atom. The molecule has 2 aliphatic rings. The number of carbonyl (C=O) groups excluding carboxylic acids is 1. The molecule has 2 rings (SSSR count). The SMILES string of the molecule is CC(CCN1CCCC1)(NC1CC1)C(N)=O. The summed E-state index contributed by atoms with van der Waals surface area (Å²) in [5, 5.41) is 3.39. The maximum atomic E-state index is 11.5. The molecule has 1 amide bonds. The van der Waals surface area contributed by atoms with Crippen LogP contribution in [0.15, 0.2) is 0 Å². The molecule has 92 valence electrons. The van der Waals surface area contributed by atoms with Crippen LogP contribution in [0.1, 0.15) is 39.0 Å². The number of hydrogen-bond acceptors (Lipinski definition) is 3. The first-order chi connectivity index (χ1) is 7.60. The van der Waals surface area contributed by atoms with E-state index in [0.29, 0.717) is 6.04 Å². The van der Waals surface area contributed by atoms with E-state index in [2.05, 4.69) is 10.2 Å². The number of primary amides is 1. The molecule has 0 spiro atoms. The van der Waals surface area contributed by atoms with Gasteiger partial charge in [0, 0.05) is 12.6 Å². The summed E-state index contributed by atoms with van der Waals surface area (Å²) in [7, 11) is 0. The molecule has 16 heavy (non-hydrogen) atoms. The summed E-state index contributed by atoms with van der Waals surface area (Å²) < 4.78 is 0. The van der Waals surface area contributed by atoms with Crippen LogP contribution in [0.4, 0.5) is 0 Å². The van der Waals surface area contributed by atoms with Crippen molar-refractivity contribution in [1.29, 1.82) is 0 Å². The van der Waals surface area contributed by atoms with Crippen molar-refractivity contribution in [1.82, 2.24) is 10.2 Å². The molecular weight excluding hydrogens is 202 g/mol. The highest BCUT2D eigenvalue weighted by atomic mass is 16.1. The molecule has 1 heterocycles. The average Bonchev–Trinajstić information content (AvgIpc) is 2.89. The van der Waals surface area contributed by atoms with Crippen molar-refractivity contribution in [3.63, 3.8) is 0 Å². The van der Waals surface area contributed by atoms with Gasteiger partial charge < -0.3 is 16.0 Å². The third-order valence-corrected chi connectivity index (χ3v) is 3.77. The molecule has 2 fully saturated rings. The lowest BCUT2D eigenvalue weighted by Crippen LogP contribution is -2.55. The standard InChI is InChI=1S/C12H23N3O/c1-12(11(13)16,14-10-4-5-10)6-9-15-7-2-3-8-15/h10,14H,2-9H2,1H3,(H2,13,16). The van der Waals surface area contributed by atoms with Crippen molar-refractivity contribution in [2.75, 3.05) is 19.6 Å². The van der Waals surface area contributed by atoms with Crippen LogP contribution in [-0.2, 0) is 4.79 Å². The highest BCUT2D eigenvalue weighted by Crippen LogP contribution is 2.24. The number of nitrogens with zero attached hydrogens (tertiary/aromatic N) is 1. The minimum atomic E-state index is -0.510. The predicted molar refractivity (Wildman–Crippen MR) is 64.0 cm³/mol. The predicted octanol–water partition coefficient (Wildman–Crippen LogP) is 0.468. The fourth-order valence-corrected chi connectivity index (χ4v) is 2.33. The summed E-state index contributed by atoms with van der Waals surface area (Å²) in [6.45, 7) is 5.29. The molecule has 1 aliphatic carbocycles. The quantitative estimate of drug-likeness (QED) is 0.691. The van der Waals surface area contributed by atoms with Crippen molar-refractivity contribution < 1.29 is 4.79 Å². The Bertz CT molecular complexity index is 259. The molecule has 0 aromatic heterocycles. The van der Waals surface area contributed by atoms with E-state index in [1.807, 2.05) is 6.92 Å². The molecule has 0 aromatic carbocycles. The fourth-order valence-electron chi connectivity index (χ4n) is 2.33. The smallest absolute Gasteiger partial charge is 0.237 e. The summed E-state index contributed by atoms with van der Waals surface area (Å²) in [6, 6.07) is 0.524. The molecular formula is C12H23N3O. The van der Waals surface area contributed by atoms with Gasteiger partial charge in [-0.1, -0.05) is 0 Å². The third kappa shape index (κ3) is 2.95. The Labute approximate surface area is 97.6 Å². The van der Waals surface area contributed by atoms with Crippen molar-refractivity contribution in [3.05, 3.63) is 0 Å². The van der Waals surface area contributed by atoms with Gasteiger partial charge in [0.25, 0.3) is 0 Å². The summed E-state index contributed by atoms with van der Waals surface area (Å²) in [5.74, 6) is -0.210. The monoisotopic (exact) mass is 225 g/mol. The minimum absolute atomic E-state index is 0.210. The molecule has 4 nitrogen and oxygen atoms in total. The Morgan fingerprint density at radius 1 is 1.44 bits per heavy atom. The van der Waals surface area contributed by atoms with E-state index in [-0.39, 0.29) is 5.91 Å². The third-order valence-electron chi connectivity index (χ3n) is 3.77. The largest absolute Gasteiger partial charge is 0.368 e. The average molecular weight is 225 g/mol. The summed E-state index contributed by atoms with van der Waals surface area (Å²) in [6.07, 6.45) is 5.80. The lowest BCUT2D eigenvalue weighted by Gasteiger charge is -2.29. The summed E-state index contributed by atoms with van der Waals surface area (Å²) >= 11 is 0. The van der Waals surface area contributed by atoms with Crippen LogP contribution in [0.25, 0.3) is 0 Å². The lowest BCUT2D eigenvalue weighted by atomic mass is 9.96. The number of hydrogen-bond donors (Lipinski definition) is 2. The minimum Gasteiger partial charge on any atom is -0.368 e. The van der Waals surface area contributed by atoms with Crippen molar-refractivity contribution >= 4 is 5.91 Å². The van der Waals surface area contributed by atoms with Gasteiger partial charge in [-0.25, -0.2) is 0 Å². The van der Waals surface area contributed by atoms with E-state index < -0.39 is 5.54 Å². The van der Waals surface area contributed by atoms with Crippen molar-refractivity contribution in [2.45, 2.75) is 50.6 Å². The first-order valence-corrected chi connectivity index (χ1v) is 6.40. The molecule has 0 radical (unpaired) electrons. The van der Waals surface area contributed by atoms with Crippen LogP contribution in [0.5, 0.6) is 0 Å². The van der Waals surface area contributed by atoms with Gasteiger partial charge in [0.2, 0.25) is 5.91 Å². The molecule has 3 N–H and O–H groups in total. The van der Waals surface area contributed by atoms with E-state index in [4.69, 9.17) is 5.73 Å². The number of carbonyl (C=O) groups is 1. The van der Waals surface area contributed by atoms with Gasteiger partial charge in [-0.2, -0.15) is 0 Å². The van der Waals surface area contributed by atoms with Gasteiger partial charge >= 0.3 is 0 Å². The van der Waals surface area contributed by atoms with Gasteiger partial charge in [-0.3, -0.25) is 4.79 Å².